The molecule has 25 heavy (non-hydrogen) atoms. The van der Waals surface area contributed by atoms with Crippen LogP contribution in [-0.4, -0.2) is 60.2 Å². The molecule has 0 bridgehead atoms. The molecule has 132 valence electrons. The number of likely N-dealkylation sites (N-methyl/N-ethyl adjacent to an activating group) is 1. The number of hydrogen-bond acceptors (Lipinski definition) is 5. The number of halogens is 1. The Hall–Kier alpha value is -2.61. The molecule has 1 saturated heterocycles. The van der Waals surface area contributed by atoms with Gasteiger partial charge in [-0.25, -0.2) is 9.18 Å². The van der Waals surface area contributed by atoms with E-state index in [-0.39, 0.29) is 17.9 Å². The van der Waals surface area contributed by atoms with E-state index in [4.69, 9.17) is 4.74 Å². The molecule has 4 rings (SSSR count). The first-order valence-electron chi connectivity index (χ1n) is 8.17. The van der Waals surface area contributed by atoms with Crippen LogP contribution in [0.1, 0.15) is 15.9 Å². The fourth-order valence-corrected chi connectivity index (χ4v) is 3.59. The Morgan fingerprint density at radius 3 is 2.68 bits per heavy atom. The van der Waals surface area contributed by atoms with Crippen molar-refractivity contribution in [1.82, 2.24) is 9.30 Å². The normalized spacial score (nSPS) is 17.6. The smallest absolute Gasteiger partial charge is 0.336 e. The minimum absolute atomic E-state index is 0.0366. The number of piperazine rings is 1. The molecule has 8 heteroatoms. The fourth-order valence-electron chi connectivity index (χ4n) is 3.59. The first-order chi connectivity index (χ1) is 12.0. The number of rotatable bonds is 2. The Kier molecular flexibility index (Phi) is 3.64. The standard InChI is InChI=1S/C17H18FN3O4/c1-19-3-5-20(6-4-19)15-12(18)9-21-13(22)8-11(17(23)24)10-2-7-25-16(15)14(10)21/h8-9H,2-7H2,1H3,(H,23,24). The monoisotopic (exact) mass is 347 g/mol. The molecule has 2 aromatic rings. The van der Waals surface area contributed by atoms with Gasteiger partial charge in [0.05, 0.1) is 23.9 Å². The van der Waals surface area contributed by atoms with E-state index in [0.29, 0.717) is 36.3 Å². The van der Waals surface area contributed by atoms with Gasteiger partial charge >= 0.3 is 5.97 Å². The van der Waals surface area contributed by atoms with Crippen molar-refractivity contribution in [3.8, 4) is 5.75 Å². The van der Waals surface area contributed by atoms with E-state index in [1.807, 2.05) is 11.9 Å². The van der Waals surface area contributed by atoms with E-state index in [0.717, 1.165) is 29.8 Å². The number of carbonyl (C=O) groups is 1. The average molecular weight is 347 g/mol. The molecular formula is C17H18FN3O4. The molecule has 0 aromatic carbocycles. The number of ether oxygens (including phenoxy) is 1. The van der Waals surface area contributed by atoms with E-state index in [2.05, 4.69) is 4.90 Å². The zero-order chi connectivity index (χ0) is 17.7. The molecule has 2 aliphatic rings. The first kappa shape index (κ1) is 15.9. The molecule has 1 fully saturated rings. The number of nitrogens with zero attached hydrogens (tertiary/aromatic N) is 3. The minimum Gasteiger partial charge on any atom is -0.489 e. The van der Waals surface area contributed by atoms with Crippen molar-refractivity contribution in [1.29, 1.82) is 0 Å². The van der Waals surface area contributed by atoms with Crippen LogP contribution in [0, 0.1) is 5.82 Å². The van der Waals surface area contributed by atoms with Gasteiger partial charge in [-0.05, 0) is 12.6 Å². The van der Waals surface area contributed by atoms with Gasteiger partial charge in [-0.1, -0.05) is 0 Å². The highest BCUT2D eigenvalue weighted by Gasteiger charge is 2.29. The molecule has 0 unspecified atom stereocenters. The van der Waals surface area contributed by atoms with Crippen molar-refractivity contribution in [3.05, 3.63) is 39.6 Å². The molecule has 0 spiro atoms. The zero-order valence-corrected chi connectivity index (χ0v) is 13.8. The van der Waals surface area contributed by atoms with Crippen LogP contribution in [0.5, 0.6) is 5.75 Å². The second-order valence-corrected chi connectivity index (χ2v) is 6.44. The highest BCUT2D eigenvalue weighted by molar-refractivity contribution is 5.94. The summed E-state index contributed by atoms with van der Waals surface area (Å²) in [6, 6.07) is 1.05. The summed E-state index contributed by atoms with van der Waals surface area (Å²) in [7, 11) is 2.01. The first-order valence-corrected chi connectivity index (χ1v) is 8.17. The van der Waals surface area contributed by atoms with Crippen LogP contribution in [0.15, 0.2) is 17.1 Å². The summed E-state index contributed by atoms with van der Waals surface area (Å²) in [6.45, 7) is 3.11. The lowest BCUT2D eigenvalue weighted by Gasteiger charge is -2.36. The number of aromatic carboxylic acids is 1. The van der Waals surface area contributed by atoms with Crippen LogP contribution in [-0.2, 0) is 6.42 Å². The van der Waals surface area contributed by atoms with Gasteiger partial charge in [0.2, 0.25) is 0 Å². The third-order valence-corrected chi connectivity index (χ3v) is 4.90. The maximum atomic E-state index is 14.8. The van der Waals surface area contributed by atoms with Gasteiger partial charge in [-0.15, -0.1) is 0 Å². The van der Waals surface area contributed by atoms with E-state index in [1.165, 1.54) is 0 Å². The number of pyridine rings is 2. The van der Waals surface area contributed by atoms with Gasteiger partial charge in [0.25, 0.3) is 5.56 Å². The topological polar surface area (TPSA) is 74.5 Å². The molecule has 4 heterocycles. The van der Waals surface area contributed by atoms with Gasteiger partial charge in [0, 0.05) is 38.7 Å². The lowest BCUT2D eigenvalue weighted by Crippen LogP contribution is -2.45. The third kappa shape index (κ3) is 2.44. The molecule has 2 aromatic heterocycles. The molecule has 0 aliphatic carbocycles. The predicted molar refractivity (Wildman–Crippen MR) is 89.5 cm³/mol. The maximum absolute atomic E-state index is 14.8. The maximum Gasteiger partial charge on any atom is 0.336 e. The minimum atomic E-state index is -1.16. The van der Waals surface area contributed by atoms with Crippen LogP contribution < -0.4 is 15.2 Å². The molecule has 0 atom stereocenters. The van der Waals surface area contributed by atoms with Gasteiger partial charge < -0.3 is 19.6 Å². The Morgan fingerprint density at radius 1 is 1.28 bits per heavy atom. The Labute approximate surface area is 142 Å². The van der Waals surface area contributed by atoms with E-state index >= 15 is 0 Å². The second kappa shape index (κ2) is 5.73. The summed E-state index contributed by atoms with van der Waals surface area (Å²) in [4.78, 5) is 27.9. The Morgan fingerprint density at radius 2 is 2.00 bits per heavy atom. The summed E-state index contributed by atoms with van der Waals surface area (Å²) < 4.78 is 21.7. The highest BCUT2D eigenvalue weighted by atomic mass is 19.1. The molecule has 0 radical (unpaired) electrons. The fraction of sp³-hybridized carbons (Fsp3) is 0.412. The van der Waals surface area contributed by atoms with Crippen molar-refractivity contribution in [2.24, 2.45) is 0 Å². The lowest BCUT2D eigenvalue weighted by molar-refractivity contribution is 0.0695. The van der Waals surface area contributed by atoms with E-state index in [9.17, 15) is 19.1 Å². The summed E-state index contributed by atoms with van der Waals surface area (Å²) in [5, 5.41) is 9.42. The quantitative estimate of drug-likeness (QED) is 0.867. The van der Waals surface area contributed by atoms with Crippen molar-refractivity contribution in [3.63, 3.8) is 0 Å². The second-order valence-electron chi connectivity index (χ2n) is 6.44. The van der Waals surface area contributed by atoms with Gasteiger partial charge in [-0.3, -0.25) is 9.20 Å². The largest absolute Gasteiger partial charge is 0.489 e. The van der Waals surface area contributed by atoms with Gasteiger partial charge in [0.15, 0.2) is 11.6 Å². The van der Waals surface area contributed by atoms with Crippen LogP contribution in [0.3, 0.4) is 0 Å². The van der Waals surface area contributed by atoms with Crippen molar-refractivity contribution >= 4 is 17.2 Å². The molecule has 1 N–H and O–H groups in total. The van der Waals surface area contributed by atoms with E-state index < -0.39 is 17.3 Å². The van der Waals surface area contributed by atoms with Crippen LogP contribution >= 0.6 is 0 Å². The molecule has 0 amide bonds. The van der Waals surface area contributed by atoms with Crippen LogP contribution in [0.25, 0.3) is 5.52 Å². The zero-order valence-electron chi connectivity index (χ0n) is 13.8. The van der Waals surface area contributed by atoms with Crippen molar-refractivity contribution < 1.29 is 19.0 Å². The van der Waals surface area contributed by atoms with E-state index in [1.54, 1.807) is 0 Å². The number of anilines is 1. The highest BCUT2D eigenvalue weighted by Crippen LogP contribution is 2.40. The summed E-state index contributed by atoms with van der Waals surface area (Å²) in [5.41, 5.74) is 0.586. The van der Waals surface area contributed by atoms with Crippen LogP contribution in [0.2, 0.25) is 0 Å². The SMILES string of the molecule is CN1CCN(c2c(F)cn3c(=O)cc(C(=O)O)c4c3c2OCC4)CC1. The molecule has 2 aliphatic heterocycles. The molecular weight excluding hydrogens is 329 g/mol. The molecule has 0 saturated carbocycles. The average Bonchev–Trinajstić information content (AvgIpc) is 2.58. The summed E-state index contributed by atoms with van der Waals surface area (Å²) in [5.74, 6) is -1.43. The van der Waals surface area contributed by atoms with Crippen LogP contribution in [0.4, 0.5) is 10.1 Å². The number of carboxylic acid groups (broad SMARTS) is 1. The predicted octanol–water partition coefficient (Wildman–Crippen LogP) is 0.824. The van der Waals surface area contributed by atoms with Crippen molar-refractivity contribution in [2.45, 2.75) is 6.42 Å². The summed E-state index contributed by atoms with van der Waals surface area (Å²) in [6.07, 6.45) is 1.50. The molecule has 7 nitrogen and oxygen atoms in total. The number of carboxylic acids is 1. The van der Waals surface area contributed by atoms with Gasteiger partial charge in [-0.2, -0.15) is 0 Å². The van der Waals surface area contributed by atoms with Gasteiger partial charge in [0.1, 0.15) is 5.69 Å². The lowest BCUT2D eigenvalue weighted by atomic mass is 10.0. The third-order valence-electron chi connectivity index (χ3n) is 4.90. The number of aromatic nitrogens is 1. The Balaban J connectivity index is 2.00. The number of hydrogen-bond donors (Lipinski definition) is 1. The van der Waals surface area contributed by atoms with Crippen molar-refractivity contribution in [2.75, 3.05) is 44.7 Å². The summed E-state index contributed by atoms with van der Waals surface area (Å²) >= 11 is 0. The Bertz CT molecular complexity index is 932.